The van der Waals surface area contributed by atoms with Gasteiger partial charge in [-0.3, -0.25) is 10.2 Å². The van der Waals surface area contributed by atoms with Crippen molar-refractivity contribution in [3.05, 3.63) is 42.6 Å². The first-order valence-corrected chi connectivity index (χ1v) is 11.3. The van der Waals surface area contributed by atoms with E-state index in [0.29, 0.717) is 5.69 Å². The highest BCUT2D eigenvalue weighted by Crippen LogP contribution is 2.37. The number of H-pyrrole nitrogens is 1. The molecule has 132 valence electrons. The predicted octanol–water partition coefficient (Wildman–Crippen LogP) is 5.81. The Balaban J connectivity index is 1.84. The minimum Gasteiger partial charge on any atom is -0.361 e. The number of fused-ring (bicyclic) bond motifs is 3. The van der Waals surface area contributed by atoms with Crippen LogP contribution >= 0.6 is 0 Å². The van der Waals surface area contributed by atoms with E-state index < -0.39 is 14.4 Å². The summed E-state index contributed by atoms with van der Waals surface area (Å²) in [5.41, 5.74) is 1.65. The Labute approximate surface area is 148 Å². The van der Waals surface area contributed by atoms with Gasteiger partial charge in [0, 0.05) is 22.5 Å². The molecule has 0 aliphatic carbocycles. The molecule has 3 rings (SSSR count). The average molecular weight is 356 g/mol. The summed E-state index contributed by atoms with van der Waals surface area (Å²) < 4.78 is 5.53. The molecule has 6 heteroatoms. The van der Waals surface area contributed by atoms with Gasteiger partial charge in [-0.25, -0.2) is 9.37 Å². The zero-order valence-electron chi connectivity index (χ0n) is 15.3. The van der Waals surface area contributed by atoms with Gasteiger partial charge in [0.25, 0.3) is 8.32 Å². The second kappa shape index (κ2) is 6.20. The van der Waals surface area contributed by atoms with Crippen LogP contribution in [0.4, 0.5) is 10.5 Å². The van der Waals surface area contributed by atoms with Crippen molar-refractivity contribution in [2.45, 2.75) is 38.9 Å². The van der Waals surface area contributed by atoms with Gasteiger partial charge in [0.1, 0.15) is 0 Å². The van der Waals surface area contributed by atoms with Crippen LogP contribution in [0.1, 0.15) is 20.8 Å². The second-order valence-corrected chi connectivity index (χ2v) is 12.4. The third kappa shape index (κ3) is 3.40. The summed E-state index contributed by atoms with van der Waals surface area (Å²) in [4.78, 5) is 20.5. The number of hydrogen-bond donors (Lipinski definition) is 2. The van der Waals surface area contributed by atoms with E-state index in [1.54, 1.807) is 0 Å². The Bertz CT molecular complexity index is 925. The highest BCUT2D eigenvalue weighted by atomic mass is 28.4. The molecule has 1 aromatic heterocycles. The lowest BCUT2D eigenvalue weighted by molar-refractivity contribution is -0.152. The summed E-state index contributed by atoms with van der Waals surface area (Å²) in [7, 11) is -2.16. The summed E-state index contributed by atoms with van der Waals surface area (Å²) in [5.74, 6) is 0. The van der Waals surface area contributed by atoms with Crippen LogP contribution in [0.2, 0.25) is 18.1 Å². The Morgan fingerprint density at radius 1 is 1.08 bits per heavy atom. The minimum atomic E-state index is -2.16. The Morgan fingerprint density at radius 3 is 2.44 bits per heavy atom. The normalized spacial score (nSPS) is 12.5. The molecule has 0 saturated carbocycles. The van der Waals surface area contributed by atoms with Gasteiger partial charge in [0.05, 0.1) is 5.69 Å². The SMILES string of the molecule is CC(C)(C)[Si](C)(C)OOC(=O)Nc1cc2[nH]ccc2c2ccccc12. The van der Waals surface area contributed by atoms with Crippen molar-refractivity contribution in [3.8, 4) is 0 Å². The molecule has 25 heavy (non-hydrogen) atoms. The number of aromatic amines is 1. The minimum absolute atomic E-state index is 0.0386. The number of rotatable bonds is 3. The fourth-order valence-corrected chi connectivity index (χ4v) is 2.95. The first-order valence-electron chi connectivity index (χ1n) is 8.34. The number of carbonyl (C=O) groups is 1. The van der Waals surface area contributed by atoms with Gasteiger partial charge >= 0.3 is 6.09 Å². The van der Waals surface area contributed by atoms with E-state index in [1.807, 2.05) is 55.7 Å². The summed E-state index contributed by atoms with van der Waals surface area (Å²) >= 11 is 0. The molecule has 5 nitrogen and oxygen atoms in total. The van der Waals surface area contributed by atoms with E-state index in [1.165, 1.54) is 0 Å². The maximum atomic E-state index is 12.3. The quantitative estimate of drug-likeness (QED) is 0.354. The third-order valence-corrected chi connectivity index (χ3v) is 9.06. The topological polar surface area (TPSA) is 63.4 Å². The maximum absolute atomic E-state index is 12.3. The molecule has 0 unspecified atom stereocenters. The molecule has 0 saturated heterocycles. The molecule has 0 aliphatic heterocycles. The number of aromatic nitrogens is 1. The standard InChI is InChI=1S/C19H24N2O3Si/c1-19(2,3)25(4,5)24-23-18(22)21-17-12-16-15(10-11-20-16)13-8-6-7-9-14(13)17/h6-12,20H,1-5H3,(H,21,22). The molecule has 1 amide bonds. The molecule has 2 aromatic carbocycles. The van der Waals surface area contributed by atoms with E-state index in [2.05, 4.69) is 31.1 Å². The molecule has 3 aromatic rings. The van der Waals surface area contributed by atoms with Crippen molar-refractivity contribution in [1.82, 2.24) is 4.98 Å². The molecular weight excluding hydrogens is 332 g/mol. The lowest BCUT2D eigenvalue weighted by atomic mass is 10.0. The Hall–Kier alpha value is -2.31. The number of carbonyl (C=O) groups excluding carboxylic acids is 1. The second-order valence-electron chi connectivity index (χ2n) is 7.75. The van der Waals surface area contributed by atoms with E-state index in [0.717, 1.165) is 21.7 Å². The van der Waals surface area contributed by atoms with Gasteiger partial charge in [0.2, 0.25) is 0 Å². The van der Waals surface area contributed by atoms with Crippen molar-refractivity contribution in [2.24, 2.45) is 0 Å². The number of anilines is 1. The zero-order valence-corrected chi connectivity index (χ0v) is 16.3. The van der Waals surface area contributed by atoms with Crippen LogP contribution in [-0.4, -0.2) is 19.4 Å². The van der Waals surface area contributed by atoms with E-state index in [4.69, 9.17) is 9.46 Å². The fraction of sp³-hybridized carbons (Fsp3) is 0.316. The smallest absolute Gasteiger partial charge is 0.361 e. The largest absolute Gasteiger partial charge is 0.442 e. The number of hydrogen-bond acceptors (Lipinski definition) is 3. The van der Waals surface area contributed by atoms with Crippen LogP contribution < -0.4 is 5.32 Å². The van der Waals surface area contributed by atoms with Crippen molar-refractivity contribution in [3.63, 3.8) is 0 Å². The van der Waals surface area contributed by atoms with Crippen LogP contribution in [0.5, 0.6) is 0 Å². The molecule has 0 aliphatic rings. The fourth-order valence-electron chi connectivity index (χ4n) is 2.41. The molecule has 0 spiro atoms. The highest BCUT2D eigenvalue weighted by molar-refractivity contribution is 6.73. The third-order valence-electron chi connectivity index (χ3n) is 4.94. The van der Waals surface area contributed by atoms with Crippen LogP contribution in [0, 0.1) is 0 Å². The first kappa shape index (κ1) is 17.5. The van der Waals surface area contributed by atoms with Crippen molar-refractivity contribution >= 4 is 41.8 Å². The van der Waals surface area contributed by atoms with Gasteiger partial charge < -0.3 is 4.98 Å². The lowest BCUT2D eigenvalue weighted by Crippen LogP contribution is -2.41. The number of benzene rings is 2. The zero-order chi connectivity index (χ0) is 18.2. The summed E-state index contributed by atoms with van der Waals surface area (Å²) in [5, 5.41) is 5.91. The van der Waals surface area contributed by atoms with Gasteiger partial charge in [-0.1, -0.05) is 45.0 Å². The summed E-state index contributed by atoms with van der Waals surface area (Å²) in [6.07, 6.45) is 1.28. The van der Waals surface area contributed by atoms with Gasteiger partial charge in [-0.05, 0) is 35.7 Å². The molecular formula is C19H24N2O3Si. The van der Waals surface area contributed by atoms with Crippen molar-refractivity contribution in [2.75, 3.05) is 5.32 Å². The van der Waals surface area contributed by atoms with Crippen molar-refractivity contribution in [1.29, 1.82) is 0 Å². The van der Waals surface area contributed by atoms with Crippen molar-refractivity contribution < 1.29 is 14.3 Å². The van der Waals surface area contributed by atoms with E-state index in [-0.39, 0.29) is 5.04 Å². The molecule has 0 fully saturated rings. The molecule has 1 heterocycles. The molecule has 0 radical (unpaired) electrons. The number of amides is 1. The van der Waals surface area contributed by atoms with Gasteiger partial charge in [-0.15, -0.1) is 0 Å². The van der Waals surface area contributed by atoms with E-state index >= 15 is 0 Å². The highest BCUT2D eigenvalue weighted by Gasteiger charge is 2.40. The van der Waals surface area contributed by atoms with Crippen LogP contribution in [0.3, 0.4) is 0 Å². The summed E-state index contributed by atoms with van der Waals surface area (Å²) in [6.45, 7) is 10.3. The van der Waals surface area contributed by atoms with Crippen LogP contribution in [-0.2, 0) is 9.46 Å². The molecule has 0 atom stereocenters. The monoisotopic (exact) mass is 356 g/mol. The molecule has 2 N–H and O–H groups in total. The maximum Gasteiger partial charge on any atom is 0.442 e. The Morgan fingerprint density at radius 2 is 1.76 bits per heavy atom. The first-order chi connectivity index (χ1) is 11.7. The molecule has 0 bridgehead atoms. The van der Waals surface area contributed by atoms with Crippen LogP contribution in [0.15, 0.2) is 42.6 Å². The Kier molecular flexibility index (Phi) is 4.34. The van der Waals surface area contributed by atoms with E-state index in [9.17, 15) is 4.79 Å². The number of nitrogens with one attached hydrogen (secondary N) is 2. The van der Waals surface area contributed by atoms with Gasteiger partial charge in [0.15, 0.2) is 0 Å². The van der Waals surface area contributed by atoms with Gasteiger partial charge in [-0.2, -0.15) is 0 Å². The summed E-state index contributed by atoms with van der Waals surface area (Å²) in [6, 6.07) is 11.9. The predicted molar refractivity (Wildman–Crippen MR) is 104 cm³/mol. The lowest BCUT2D eigenvalue weighted by Gasteiger charge is -2.33. The average Bonchev–Trinajstić information content (AvgIpc) is 3.01. The van der Waals surface area contributed by atoms with Crippen LogP contribution in [0.25, 0.3) is 21.7 Å².